The Hall–Kier alpha value is -1.89. The van der Waals surface area contributed by atoms with E-state index in [9.17, 15) is 18.0 Å². The molecule has 2 fully saturated rings. The van der Waals surface area contributed by atoms with Crippen LogP contribution < -0.4 is 4.90 Å². The molecule has 0 aliphatic carbocycles. The predicted octanol–water partition coefficient (Wildman–Crippen LogP) is 1.78. The normalized spacial score (nSPS) is 22.0. The van der Waals surface area contributed by atoms with Crippen molar-refractivity contribution in [3.05, 3.63) is 29.8 Å². The average Bonchev–Trinajstić information content (AvgIpc) is 3.18. The van der Waals surface area contributed by atoms with E-state index in [1.54, 1.807) is 9.80 Å². The van der Waals surface area contributed by atoms with E-state index in [2.05, 4.69) is 0 Å². The van der Waals surface area contributed by atoms with Crippen LogP contribution in [0.4, 0.5) is 5.69 Å². The minimum Gasteiger partial charge on any atom is -0.338 e. The number of amides is 2. The Morgan fingerprint density at radius 2 is 2.00 bits per heavy atom. The summed E-state index contributed by atoms with van der Waals surface area (Å²) in [6.45, 7) is 3.32. The van der Waals surface area contributed by atoms with E-state index in [4.69, 9.17) is 0 Å². The predicted molar refractivity (Wildman–Crippen MR) is 101 cm³/mol. The summed E-state index contributed by atoms with van der Waals surface area (Å²) in [6, 6.07) is 7.34. The monoisotopic (exact) mass is 378 g/mol. The maximum atomic E-state index is 12.8. The fraction of sp³-hybridized carbons (Fsp3) is 0.579. The van der Waals surface area contributed by atoms with Gasteiger partial charge in [0.1, 0.15) is 0 Å². The molecular formula is C19H26N2O4S. The molecule has 0 spiro atoms. The lowest BCUT2D eigenvalue weighted by Crippen LogP contribution is -2.42. The minimum absolute atomic E-state index is 0.0288. The van der Waals surface area contributed by atoms with Crippen LogP contribution >= 0.6 is 0 Å². The molecule has 1 aromatic carbocycles. The Morgan fingerprint density at radius 1 is 1.27 bits per heavy atom. The van der Waals surface area contributed by atoms with E-state index in [-0.39, 0.29) is 35.8 Å². The number of carbonyl (C=O) groups excluding carboxylic acids is 2. The van der Waals surface area contributed by atoms with Gasteiger partial charge in [-0.15, -0.1) is 0 Å². The van der Waals surface area contributed by atoms with Crippen LogP contribution in [0.5, 0.6) is 0 Å². The van der Waals surface area contributed by atoms with Gasteiger partial charge in [0.25, 0.3) is 0 Å². The Balaban J connectivity index is 1.66. The van der Waals surface area contributed by atoms with E-state index >= 15 is 0 Å². The van der Waals surface area contributed by atoms with Crippen molar-refractivity contribution in [2.24, 2.45) is 0 Å². The maximum Gasteiger partial charge on any atom is 0.227 e. The van der Waals surface area contributed by atoms with Crippen molar-refractivity contribution < 1.29 is 18.0 Å². The molecule has 0 radical (unpaired) electrons. The van der Waals surface area contributed by atoms with Crippen molar-refractivity contribution in [3.63, 3.8) is 0 Å². The highest BCUT2D eigenvalue weighted by atomic mass is 32.2. The quantitative estimate of drug-likeness (QED) is 0.756. The van der Waals surface area contributed by atoms with Gasteiger partial charge in [0, 0.05) is 31.2 Å². The number of hydrogen-bond donors (Lipinski definition) is 0. The van der Waals surface area contributed by atoms with Crippen molar-refractivity contribution in [2.45, 2.75) is 45.1 Å². The third kappa shape index (κ3) is 4.26. The van der Waals surface area contributed by atoms with Crippen LogP contribution in [-0.2, 0) is 25.8 Å². The van der Waals surface area contributed by atoms with Gasteiger partial charge in [-0.05, 0) is 37.0 Å². The first-order valence-corrected chi connectivity index (χ1v) is 11.1. The summed E-state index contributed by atoms with van der Waals surface area (Å²) in [5, 5.41) is 0. The van der Waals surface area contributed by atoms with E-state index < -0.39 is 9.84 Å². The summed E-state index contributed by atoms with van der Waals surface area (Å²) < 4.78 is 23.5. The standard InChI is InChI=1S/C19H26N2O4S/c1-2-10-20(17-9-12-26(24,25)14-17)19(23)13-15-5-7-16(8-6-15)21-11-3-4-18(21)22/h5-8,17H,2-4,9-14H2,1H3/t17-/m1/s1. The highest BCUT2D eigenvalue weighted by Gasteiger charge is 2.34. The van der Waals surface area contributed by atoms with Gasteiger partial charge in [-0.25, -0.2) is 8.42 Å². The van der Waals surface area contributed by atoms with Crippen LogP contribution in [0, 0.1) is 0 Å². The zero-order valence-electron chi connectivity index (χ0n) is 15.2. The van der Waals surface area contributed by atoms with E-state index in [0.29, 0.717) is 19.4 Å². The number of anilines is 1. The molecule has 1 aromatic rings. The van der Waals surface area contributed by atoms with Crippen LogP contribution in [0.25, 0.3) is 0 Å². The smallest absolute Gasteiger partial charge is 0.227 e. The number of hydrogen-bond acceptors (Lipinski definition) is 4. The zero-order valence-corrected chi connectivity index (χ0v) is 16.0. The number of carbonyl (C=O) groups is 2. The maximum absolute atomic E-state index is 12.8. The van der Waals surface area contributed by atoms with Crippen molar-refractivity contribution in [1.29, 1.82) is 0 Å². The fourth-order valence-electron chi connectivity index (χ4n) is 3.76. The lowest BCUT2D eigenvalue weighted by Gasteiger charge is -2.28. The third-order valence-corrected chi connectivity index (χ3v) is 6.86. The largest absolute Gasteiger partial charge is 0.338 e. The van der Waals surface area contributed by atoms with Gasteiger partial charge in [0.2, 0.25) is 11.8 Å². The van der Waals surface area contributed by atoms with Crippen LogP contribution in [0.1, 0.15) is 38.2 Å². The SMILES string of the molecule is CCCN(C(=O)Cc1ccc(N2CCCC2=O)cc1)[C@@H]1CCS(=O)(=O)C1. The molecule has 2 aliphatic rings. The second kappa shape index (κ2) is 7.78. The van der Waals surface area contributed by atoms with Crippen molar-refractivity contribution in [3.8, 4) is 0 Å². The Labute approximate surface area is 155 Å². The molecule has 7 heteroatoms. The van der Waals surface area contributed by atoms with Gasteiger partial charge in [-0.2, -0.15) is 0 Å². The van der Waals surface area contributed by atoms with E-state index in [1.165, 1.54) is 0 Å². The molecule has 0 unspecified atom stereocenters. The summed E-state index contributed by atoms with van der Waals surface area (Å²) in [4.78, 5) is 28.1. The molecule has 2 aliphatic heterocycles. The molecular weight excluding hydrogens is 352 g/mol. The van der Waals surface area contributed by atoms with E-state index in [1.807, 2.05) is 31.2 Å². The van der Waals surface area contributed by atoms with Gasteiger partial charge in [-0.3, -0.25) is 9.59 Å². The summed E-state index contributed by atoms with van der Waals surface area (Å²) in [7, 11) is -3.02. The highest BCUT2D eigenvalue weighted by Crippen LogP contribution is 2.23. The first-order valence-electron chi connectivity index (χ1n) is 9.29. The third-order valence-electron chi connectivity index (χ3n) is 5.11. The molecule has 2 heterocycles. The number of nitrogens with zero attached hydrogens (tertiary/aromatic N) is 2. The molecule has 142 valence electrons. The molecule has 0 bridgehead atoms. The molecule has 3 rings (SSSR count). The summed E-state index contributed by atoms with van der Waals surface area (Å²) in [6.07, 6.45) is 3.07. The van der Waals surface area contributed by atoms with Crippen molar-refractivity contribution in [2.75, 3.05) is 29.5 Å². The molecule has 1 atom stereocenters. The Morgan fingerprint density at radius 3 is 2.54 bits per heavy atom. The molecule has 2 amide bonds. The van der Waals surface area contributed by atoms with Crippen molar-refractivity contribution in [1.82, 2.24) is 4.90 Å². The fourth-order valence-corrected chi connectivity index (χ4v) is 5.49. The van der Waals surface area contributed by atoms with Crippen LogP contribution in [0.3, 0.4) is 0 Å². The highest BCUT2D eigenvalue weighted by molar-refractivity contribution is 7.91. The molecule has 0 N–H and O–H groups in total. The lowest BCUT2D eigenvalue weighted by atomic mass is 10.1. The number of benzene rings is 1. The Bertz CT molecular complexity index is 773. The number of sulfone groups is 1. The lowest BCUT2D eigenvalue weighted by molar-refractivity contribution is -0.132. The van der Waals surface area contributed by atoms with Crippen LogP contribution in [0.2, 0.25) is 0 Å². The zero-order chi connectivity index (χ0) is 18.7. The second-order valence-corrected chi connectivity index (χ2v) is 9.36. The topological polar surface area (TPSA) is 74.8 Å². The van der Waals surface area contributed by atoms with Crippen LogP contribution in [0.15, 0.2) is 24.3 Å². The van der Waals surface area contributed by atoms with Gasteiger partial charge < -0.3 is 9.80 Å². The average molecular weight is 378 g/mol. The van der Waals surface area contributed by atoms with Crippen LogP contribution in [-0.4, -0.2) is 55.8 Å². The van der Waals surface area contributed by atoms with E-state index in [0.717, 1.165) is 30.6 Å². The Kier molecular flexibility index (Phi) is 5.65. The molecule has 0 aromatic heterocycles. The van der Waals surface area contributed by atoms with Gasteiger partial charge in [0.15, 0.2) is 9.84 Å². The summed E-state index contributed by atoms with van der Waals surface area (Å²) in [5.41, 5.74) is 1.75. The molecule has 26 heavy (non-hydrogen) atoms. The van der Waals surface area contributed by atoms with Gasteiger partial charge in [0.05, 0.1) is 17.9 Å². The van der Waals surface area contributed by atoms with Gasteiger partial charge in [-0.1, -0.05) is 19.1 Å². The molecule has 6 nitrogen and oxygen atoms in total. The minimum atomic E-state index is -3.02. The molecule has 2 saturated heterocycles. The van der Waals surface area contributed by atoms with Crippen molar-refractivity contribution >= 4 is 27.3 Å². The first-order chi connectivity index (χ1) is 12.4. The first kappa shape index (κ1) is 18.9. The second-order valence-electron chi connectivity index (χ2n) is 7.14. The van der Waals surface area contributed by atoms with Gasteiger partial charge >= 0.3 is 0 Å². The molecule has 0 saturated carbocycles. The summed E-state index contributed by atoms with van der Waals surface area (Å²) >= 11 is 0. The number of rotatable bonds is 6. The summed E-state index contributed by atoms with van der Waals surface area (Å²) in [5.74, 6) is 0.364.